The summed E-state index contributed by atoms with van der Waals surface area (Å²) in [6.45, 7) is 1.55. The molecule has 0 radical (unpaired) electrons. The minimum atomic E-state index is -0.815. The molecule has 2 rings (SSSR count). The van der Waals surface area contributed by atoms with Crippen LogP contribution >= 0.6 is 0 Å². The Morgan fingerprint density at radius 3 is 2.18 bits per heavy atom. The van der Waals surface area contributed by atoms with Crippen LogP contribution in [0.4, 0.5) is 0 Å². The molecule has 0 heterocycles. The highest BCUT2D eigenvalue weighted by Gasteiger charge is 2.23. The second-order valence-electron chi connectivity index (χ2n) is 4.95. The van der Waals surface area contributed by atoms with E-state index < -0.39 is 12.1 Å². The van der Waals surface area contributed by atoms with Crippen LogP contribution in [0, 0.1) is 0 Å². The summed E-state index contributed by atoms with van der Waals surface area (Å²) in [6, 6.07) is 16.3. The molecule has 114 valence electrons. The lowest BCUT2D eigenvalue weighted by Crippen LogP contribution is -2.20. The maximum atomic E-state index is 11.9. The number of ketones is 1. The smallest absolute Gasteiger partial charge is 0.351 e. The van der Waals surface area contributed by atoms with Crippen LogP contribution in [0.5, 0.6) is 5.75 Å². The Labute approximate surface area is 129 Å². The van der Waals surface area contributed by atoms with Gasteiger partial charge in [0.15, 0.2) is 0 Å². The zero-order chi connectivity index (χ0) is 15.9. The predicted octanol–water partition coefficient (Wildman–Crippen LogP) is 3.11. The Kier molecular flexibility index (Phi) is 5.31. The second kappa shape index (κ2) is 7.41. The third-order valence-electron chi connectivity index (χ3n) is 3.15. The van der Waals surface area contributed by atoms with Crippen molar-refractivity contribution < 1.29 is 19.1 Å². The van der Waals surface area contributed by atoms with E-state index in [1.54, 1.807) is 19.1 Å². The van der Waals surface area contributed by atoms with Crippen molar-refractivity contribution in [1.82, 2.24) is 0 Å². The lowest BCUT2D eigenvalue weighted by molar-refractivity contribution is -0.149. The predicted molar refractivity (Wildman–Crippen MR) is 82.7 cm³/mol. The Morgan fingerprint density at radius 2 is 1.64 bits per heavy atom. The van der Waals surface area contributed by atoms with Gasteiger partial charge in [-0.25, -0.2) is 4.79 Å². The maximum Gasteiger partial charge on any atom is 0.351 e. The molecule has 0 fully saturated rings. The van der Waals surface area contributed by atoms with Gasteiger partial charge in [0, 0.05) is 12.0 Å². The molecule has 0 saturated carbocycles. The van der Waals surface area contributed by atoms with E-state index in [1.165, 1.54) is 7.11 Å². The van der Waals surface area contributed by atoms with E-state index in [4.69, 9.17) is 9.47 Å². The first-order valence-electron chi connectivity index (χ1n) is 6.98. The molecule has 0 aliphatic carbocycles. The van der Waals surface area contributed by atoms with Crippen molar-refractivity contribution in [2.45, 2.75) is 19.4 Å². The van der Waals surface area contributed by atoms with E-state index in [0.29, 0.717) is 12.2 Å². The summed E-state index contributed by atoms with van der Waals surface area (Å²) >= 11 is 0. The van der Waals surface area contributed by atoms with Crippen molar-refractivity contribution in [2.24, 2.45) is 0 Å². The third kappa shape index (κ3) is 4.19. The van der Waals surface area contributed by atoms with Crippen LogP contribution in [0.15, 0.2) is 54.6 Å². The SMILES string of the molecule is COC(=O)C(Oc1ccc(CC(C)=O)cc1)c1ccccc1. The quantitative estimate of drug-likeness (QED) is 0.769. The van der Waals surface area contributed by atoms with Gasteiger partial charge in [-0.05, 0) is 24.6 Å². The van der Waals surface area contributed by atoms with E-state index in [9.17, 15) is 9.59 Å². The van der Waals surface area contributed by atoms with Gasteiger partial charge in [0.05, 0.1) is 7.11 Å². The summed E-state index contributed by atoms with van der Waals surface area (Å²) in [5.41, 5.74) is 1.64. The van der Waals surface area contributed by atoms with Crippen molar-refractivity contribution in [3.05, 3.63) is 65.7 Å². The van der Waals surface area contributed by atoms with Gasteiger partial charge in [-0.3, -0.25) is 4.79 Å². The summed E-state index contributed by atoms with van der Waals surface area (Å²) < 4.78 is 10.6. The minimum Gasteiger partial charge on any atom is -0.474 e. The van der Waals surface area contributed by atoms with Gasteiger partial charge >= 0.3 is 5.97 Å². The first kappa shape index (κ1) is 15.8. The second-order valence-corrected chi connectivity index (χ2v) is 4.95. The first-order chi connectivity index (χ1) is 10.6. The van der Waals surface area contributed by atoms with Crippen LogP contribution in [0.2, 0.25) is 0 Å². The monoisotopic (exact) mass is 298 g/mol. The molecule has 2 aromatic rings. The van der Waals surface area contributed by atoms with Gasteiger partial charge in [-0.1, -0.05) is 42.5 Å². The van der Waals surface area contributed by atoms with Crippen molar-refractivity contribution >= 4 is 11.8 Å². The molecule has 4 heteroatoms. The van der Waals surface area contributed by atoms with Gasteiger partial charge < -0.3 is 9.47 Å². The lowest BCUT2D eigenvalue weighted by atomic mass is 10.1. The van der Waals surface area contributed by atoms with Crippen LogP contribution in [-0.4, -0.2) is 18.9 Å². The number of rotatable bonds is 6. The van der Waals surface area contributed by atoms with E-state index in [1.807, 2.05) is 42.5 Å². The van der Waals surface area contributed by atoms with Crippen LogP contribution in [0.1, 0.15) is 24.2 Å². The Hall–Kier alpha value is -2.62. The van der Waals surface area contributed by atoms with Crippen molar-refractivity contribution in [1.29, 1.82) is 0 Å². The highest BCUT2D eigenvalue weighted by Crippen LogP contribution is 2.23. The number of methoxy groups -OCH3 is 1. The number of carbonyl (C=O) groups excluding carboxylic acids is 2. The minimum absolute atomic E-state index is 0.102. The zero-order valence-corrected chi connectivity index (χ0v) is 12.6. The largest absolute Gasteiger partial charge is 0.474 e. The highest BCUT2D eigenvalue weighted by atomic mass is 16.6. The number of ether oxygens (including phenoxy) is 2. The van der Waals surface area contributed by atoms with Crippen LogP contribution < -0.4 is 4.74 Å². The molecule has 0 bridgehead atoms. The standard InChI is InChI=1S/C18H18O4/c1-13(19)12-14-8-10-16(11-9-14)22-17(18(20)21-2)15-6-4-3-5-7-15/h3-11,17H,12H2,1-2H3. The lowest BCUT2D eigenvalue weighted by Gasteiger charge is -2.17. The topological polar surface area (TPSA) is 52.6 Å². The molecule has 0 amide bonds. The molecule has 0 aliphatic heterocycles. The normalized spacial score (nSPS) is 11.5. The van der Waals surface area contributed by atoms with E-state index in [0.717, 1.165) is 11.1 Å². The first-order valence-corrected chi connectivity index (χ1v) is 6.98. The number of hydrogen-bond acceptors (Lipinski definition) is 4. The van der Waals surface area contributed by atoms with E-state index in [2.05, 4.69) is 0 Å². The summed E-state index contributed by atoms with van der Waals surface area (Å²) in [5, 5.41) is 0. The highest BCUT2D eigenvalue weighted by molar-refractivity contribution is 5.78. The molecular weight excluding hydrogens is 280 g/mol. The van der Waals surface area contributed by atoms with Gasteiger partial charge in [0.1, 0.15) is 11.5 Å². The molecule has 0 aromatic heterocycles. The number of Topliss-reactive ketones (excluding diaryl/α,β-unsaturated/α-hetero) is 1. The average molecular weight is 298 g/mol. The zero-order valence-electron chi connectivity index (χ0n) is 12.6. The fourth-order valence-electron chi connectivity index (χ4n) is 2.10. The Bertz CT molecular complexity index is 632. The van der Waals surface area contributed by atoms with Gasteiger partial charge in [-0.15, -0.1) is 0 Å². The molecule has 0 aliphatic rings. The maximum absolute atomic E-state index is 11.9. The molecular formula is C18H18O4. The summed E-state index contributed by atoms with van der Waals surface area (Å²) in [4.78, 5) is 23.0. The molecule has 1 unspecified atom stereocenters. The molecule has 0 spiro atoms. The average Bonchev–Trinajstić information content (AvgIpc) is 2.53. The van der Waals surface area contributed by atoms with Gasteiger partial charge in [0.25, 0.3) is 0 Å². The molecule has 1 atom stereocenters. The number of hydrogen-bond donors (Lipinski definition) is 0. The Balaban J connectivity index is 2.17. The molecule has 4 nitrogen and oxygen atoms in total. The van der Waals surface area contributed by atoms with Gasteiger partial charge in [-0.2, -0.15) is 0 Å². The van der Waals surface area contributed by atoms with E-state index >= 15 is 0 Å². The number of carbonyl (C=O) groups is 2. The van der Waals surface area contributed by atoms with Crippen LogP contribution in [0.3, 0.4) is 0 Å². The summed E-state index contributed by atoms with van der Waals surface area (Å²) in [5.74, 6) is 0.191. The fourth-order valence-corrected chi connectivity index (χ4v) is 2.10. The number of esters is 1. The van der Waals surface area contributed by atoms with Crippen molar-refractivity contribution in [2.75, 3.05) is 7.11 Å². The number of benzene rings is 2. The summed E-state index contributed by atoms with van der Waals surface area (Å²) in [7, 11) is 1.33. The van der Waals surface area contributed by atoms with Crippen molar-refractivity contribution in [3.63, 3.8) is 0 Å². The third-order valence-corrected chi connectivity index (χ3v) is 3.15. The molecule has 22 heavy (non-hydrogen) atoms. The van der Waals surface area contributed by atoms with E-state index in [-0.39, 0.29) is 5.78 Å². The van der Waals surface area contributed by atoms with Crippen LogP contribution in [0.25, 0.3) is 0 Å². The fraction of sp³-hybridized carbons (Fsp3) is 0.222. The molecule has 2 aromatic carbocycles. The molecule has 0 N–H and O–H groups in total. The van der Waals surface area contributed by atoms with Crippen molar-refractivity contribution in [3.8, 4) is 5.75 Å². The van der Waals surface area contributed by atoms with Crippen LogP contribution in [-0.2, 0) is 20.7 Å². The molecule has 0 saturated heterocycles. The Morgan fingerprint density at radius 1 is 1.00 bits per heavy atom. The summed E-state index contributed by atoms with van der Waals surface area (Å²) in [6.07, 6.45) is -0.427. The van der Waals surface area contributed by atoms with Gasteiger partial charge in [0.2, 0.25) is 6.10 Å².